The van der Waals surface area contributed by atoms with Gasteiger partial charge in [-0.2, -0.15) is 18.4 Å². The van der Waals surface area contributed by atoms with E-state index in [0.29, 0.717) is 5.69 Å². The van der Waals surface area contributed by atoms with Crippen molar-refractivity contribution in [3.05, 3.63) is 29.8 Å². The van der Waals surface area contributed by atoms with Crippen LogP contribution in [-0.4, -0.2) is 12.7 Å². The van der Waals surface area contributed by atoms with Crippen molar-refractivity contribution >= 4 is 5.69 Å². The molecule has 0 radical (unpaired) electrons. The molecule has 0 amide bonds. The van der Waals surface area contributed by atoms with Crippen molar-refractivity contribution in [2.24, 2.45) is 5.92 Å². The largest absolute Gasteiger partial charge is 0.406 e. The third-order valence-corrected chi connectivity index (χ3v) is 2.55. The maximum Gasteiger partial charge on any atom is 0.406 e. The number of nitrogens with zero attached hydrogens (tertiary/aromatic N) is 1. The molecule has 1 aromatic rings. The summed E-state index contributed by atoms with van der Waals surface area (Å²) in [7, 11) is 0. The average molecular weight is 256 g/mol. The molecule has 1 unspecified atom stereocenters. The van der Waals surface area contributed by atoms with Gasteiger partial charge >= 0.3 is 6.18 Å². The van der Waals surface area contributed by atoms with E-state index in [1.165, 1.54) is 6.07 Å². The normalized spacial score (nSPS) is 12.8. The van der Waals surface area contributed by atoms with E-state index < -0.39 is 18.6 Å². The van der Waals surface area contributed by atoms with Crippen LogP contribution < -0.4 is 5.32 Å². The smallest absolute Gasteiger partial charge is 0.383 e. The average Bonchev–Trinajstić information content (AvgIpc) is 2.30. The fraction of sp³-hybridized carbons (Fsp3) is 0.462. The Balaban J connectivity index is 2.56. The summed E-state index contributed by atoms with van der Waals surface area (Å²) in [4.78, 5) is 0. The third-order valence-electron chi connectivity index (χ3n) is 2.55. The highest BCUT2D eigenvalue weighted by atomic mass is 19.4. The Morgan fingerprint density at radius 2 is 1.89 bits per heavy atom. The lowest BCUT2D eigenvalue weighted by molar-refractivity contribution is -0.155. The number of alkyl halides is 3. The summed E-state index contributed by atoms with van der Waals surface area (Å²) in [6, 6.07) is 8.47. The second-order valence-corrected chi connectivity index (χ2v) is 4.05. The Morgan fingerprint density at radius 1 is 1.28 bits per heavy atom. The summed E-state index contributed by atoms with van der Waals surface area (Å²) in [5, 5.41) is 11.1. The fourth-order valence-electron chi connectivity index (χ4n) is 1.53. The van der Waals surface area contributed by atoms with Crippen molar-refractivity contribution in [1.29, 1.82) is 5.26 Å². The van der Waals surface area contributed by atoms with Gasteiger partial charge in [0.25, 0.3) is 0 Å². The van der Waals surface area contributed by atoms with E-state index in [4.69, 9.17) is 5.26 Å². The monoisotopic (exact) mass is 256 g/mol. The van der Waals surface area contributed by atoms with Crippen LogP contribution in [0.1, 0.15) is 18.9 Å². The molecule has 1 aromatic carbocycles. The van der Waals surface area contributed by atoms with Crippen molar-refractivity contribution in [2.75, 3.05) is 11.9 Å². The summed E-state index contributed by atoms with van der Waals surface area (Å²) in [6.07, 6.45) is -2.51. The van der Waals surface area contributed by atoms with Gasteiger partial charge in [0.15, 0.2) is 5.92 Å². The zero-order valence-corrected chi connectivity index (χ0v) is 10.1. The first kappa shape index (κ1) is 14.4. The van der Waals surface area contributed by atoms with Crippen molar-refractivity contribution in [3.8, 4) is 6.07 Å². The summed E-state index contributed by atoms with van der Waals surface area (Å²) in [5.41, 5.74) is 1.75. The number of halogens is 3. The lowest BCUT2D eigenvalue weighted by Crippen LogP contribution is -2.28. The molecular weight excluding hydrogens is 241 g/mol. The van der Waals surface area contributed by atoms with Gasteiger partial charge in [0.05, 0.1) is 6.07 Å². The number of anilines is 1. The van der Waals surface area contributed by atoms with Crippen LogP contribution in [0.2, 0.25) is 0 Å². The quantitative estimate of drug-likeness (QED) is 0.870. The predicted octanol–water partition coefficient (Wildman–Crippen LogP) is 3.75. The molecule has 1 rings (SSSR count). The number of hydrogen-bond acceptors (Lipinski definition) is 2. The summed E-state index contributed by atoms with van der Waals surface area (Å²) in [5.74, 6) is -1.98. The topological polar surface area (TPSA) is 35.8 Å². The number of nitrogens with one attached hydrogen (secondary N) is 1. The first-order chi connectivity index (χ1) is 8.47. The van der Waals surface area contributed by atoms with E-state index in [1.807, 2.05) is 12.1 Å². The van der Waals surface area contributed by atoms with Gasteiger partial charge in [-0.05, 0) is 24.1 Å². The Hall–Kier alpha value is -1.70. The van der Waals surface area contributed by atoms with Crippen LogP contribution >= 0.6 is 0 Å². The molecule has 0 aliphatic carbocycles. The second-order valence-electron chi connectivity index (χ2n) is 4.05. The summed E-state index contributed by atoms with van der Waals surface area (Å²) in [6.45, 7) is 1.64. The first-order valence-corrected chi connectivity index (χ1v) is 5.76. The van der Waals surface area contributed by atoms with E-state index >= 15 is 0 Å². The highest BCUT2D eigenvalue weighted by molar-refractivity contribution is 5.44. The zero-order chi connectivity index (χ0) is 13.6. The zero-order valence-electron chi connectivity index (χ0n) is 10.1. The highest BCUT2D eigenvalue weighted by Crippen LogP contribution is 2.26. The molecule has 5 heteroatoms. The van der Waals surface area contributed by atoms with Crippen LogP contribution in [0.15, 0.2) is 24.3 Å². The molecule has 0 saturated heterocycles. The molecule has 98 valence electrons. The molecule has 0 fully saturated rings. The van der Waals surface area contributed by atoms with Gasteiger partial charge < -0.3 is 5.32 Å². The minimum Gasteiger partial charge on any atom is -0.383 e. The molecule has 0 spiro atoms. The van der Waals surface area contributed by atoms with Gasteiger partial charge in [0, 0.05) is 12.2 Å². The Morgan fingerprint density at radius 3 is 2.33 bits per heavy atom. The molecule has 0 saturated carbocycles. The standard InChI is InChI=1S/C13H15F3N2/c1-2-3-10-4-6-12(7-5-10)18-9-11(8-17)13(14,15)16/h4-7,11,18H,2-3,9H2,1H3. The van der Waals surface area contributed by atoms with E-state index in [-0.39, 0.29) is 0 Å². The summed E-state index contributed by atoms with van der Waals surface area (Å²) < 4.78 is 37.0. The van der Waals surface area contributed by atoms with Crippen LogP contribution in [0.5, 0.6) is 0 Å². The predicted molar refractivity (Wildman–Crippen MR) is 64.1 cm³/mol. The van der Waals surface area contributed by atoms with E-state index in [9.17, 15) is 13.2 Å². The number of hydrogen-bond donors (Lipinski definition) is 1. The Bertz CT molecular complexity index is 404. The number of rotatable bonds is 5. The molecule has 1 N–H and O–H groups in total. The minimum absolute atomic E-state index is 0.423. The van der Waals surface area contributed by atoms with Gasteiger partial charge in [-0.3, -0.25) is 0 Å². The van der Waals surface area contributed by atoms with Gasteiger partial charge in [-0.15, -0.1) is 0 Å². The molecule has 0 heterocycles. The van der Waals surface area contributed by atoms with Crippen molar-refractivity contribution in [1.82, 2.24) is 0 Å². The molecule has 0 bridgehead atoms. The molecule has 0 aliphatic rings. The number of benzene rings is 1. The van der Waals surface area contributed by atoms with Crippen molar-refractivity contribution < 1.29 is 13.2 Å². The summed E-state index contributed by atoms with van der Waals surface area (Å²) >= 11 is 0. The first-order valence-electron chi connectivity index (χ1n) is 5.76. The number of nitriles is 1. The lowest BCUT2D eigenvalue weighted by Gasteiger charge is -2.14. The molecule has 0 aliphatic heterocycles. The second kappa shape index (κ2) is 6.29. The molecule has 0 aromatic heterocycles. The van der Waals surface area contributed by atoms with E-state index in [0.717, 1.165) is 18.4 Å². The molecule has 2 nitrogen and oxygen atoms in total. The number of aryl methyl sites for hydroxylation is 1. The Kier molecular flexibility index (Phi) is 5.02. The molecular formula is C13H15F3N2. The van der Waals surface area contributed by atoms with Gasteiger partial charge in [0.2, 0.25) is 0 Å². The van der Waals surface area contributed by atoms with E-state index in [1.54, 1.807) is 12.1 Å². The van der Waals surface area contributed by atoms with Gasteiger partial charge in [-0.25, -0.2) is 0 Å². The van der Waals surface area contributed by atoms with Crippen LogP contribution in [0.25, 0.3) is 0 Å². The molecule has 1 atom stereocenters. The van der Waals surface area contributed by atoms with Crippen molar-refractivity contribution in [3.63, 3.8) is 0 Å². The van der Waals surface area contributed by atoms with Crippen LogP contribution in [-0.2, 0) is 6.42 Å². The van der Waals surface area contributed by atoms with Crippen molar-refractivity contribution in [2.45, 2.75) is 25.9 Å². The van der Waals surface area contributed by atoms with Crippen LogP contribution in [0.3, 0.4) is 0 Å². The molecule has 18 heavy (non-hydrogen) atoms. The minimum atomic E-state index is -4.48. The Labute approximate surface area is 104 Å². The third kappa shape index (κ3) is 4.28. The van der Waals surface area contributed by atoms with E-state index in [2.05, 4.69) is 12.2 Å². The maximum atomic E-state index is 12.3. The maximum absolute atomic E-state index is 12.3. The van der Waals surface area contributed by atoms with Crippen LogP contribution in [0.4, 0.5) is 18.9 Å². The fourth-order valence-corrected chi connectivity index (χ4v) is 1.53. The SMILES string of the molecule is CCCc1ccc(NCC(C#N)C(F)(F)F)cc1. The van der Waals surface area contributed by atoms with Gasteiger partial charge in [-0.1, -0.05) is 25.5 Å². The highest BCUT2D eigenvalue weighted by Gasteiger charge is 2.39. The van der Waals surface area contributed by atoms with Gasteiger partial charge in [0.1, 0.15) is 0 Å². The van der Waals surface area contributed by atoms with Crippen LogP contribution in [0, 0.1) is 17.2 Å². The lowest BCUT2D eigenvalue weighted by atomic mass is 10.1.